The number of pyridine rings is 1. The molecule has 1 saturated heterocycles. The Morgan fingerprint density at radius 2 is 2.03 bits per heavy atom. The minimum atomic E-state index is -0.797. The summed E-state index contributed by atoms with van der Waals surface area (Å²) in [4.78, 5) is 32.1. The fourth-order valence-electron chi connectivity index (χ4n) is 3.87. The average molecular weight is 453 g/mol. The maximum atomic E-state index is 12.6. The van der Waals surface area contributed by atoms with E-state index in [-0.39, 0.29) is 6.04 Å². The van der Waals surface area contributed by atoms with Crippen molar-refractivity contribution in [3.63, 3.8) is 0 Å². The maximum absolute atomic E-state index is 12.6. The topological polar surface area (TPSA) is 105 Å². The Hall–Kier alpha value is -3.20. The van der Waals surface area contributed by atoms with Crippen molar-refractivity contribution in [2.45, 2.75) is 58.7 Å². The highest BCUT2D eigenvalue weighted by atomic mass is 16.6. The van der Waals surface area contributed by atoms with Gasteiger partial charge in [-0.3, -0.25) is 0 Å². The Labute approximate surface area is 193 Å². The number of ether oxygens (including phenoxy) is 2. The molecule has 9 nitrogen and oxygen atoms in total. The van der Waals surface area contributed by atoms with E-state index in [9.17, 15) is 4.79 Å². The second-order valence-electron chi connectivity index (χ2n) is 9.90. The molecule has 0 bridgehead atoms. The van der Waals surface area contributed by atoms with Crippen LogP contribution in [0.25, 0.3) is 22.4 Å². The van der Waals surface area contributed by atoms with Crippen LogP contribution in [-0.2, 0) is 15.0 Å². The molecule has 1 aliphatic rings. The number of alkyl carbamates (subject to hydrolysis) is 1. The molecule has 176 valence electrons. The van der Waals surface area contributed by atoms with Crippen LogP contribution >= 0.6 is 0 Å². The first-order chi connectivity index (χ1) is 15.5. The van der Waals surface area contributed by atoms with Crippen LogP contribution in [0.4, 0.5) is 10.6 Å². The monoisotopic (exact) mass is 452 g/mol. The van der Waals surface area contributed by atoms with E-state index < -0.39 is 17.2 Å². The smallest absolute Gasteiger partial charge is 0.408 e. The SMILES string of the molecule is C[C@@H]1COCCN1c1cc(C(C)(C)NC(=O)OC(C)(C)C)nc(-c2ccnc3[nH]ccc23)n1. The van der Waals surface area contributed by atoms with Crippen molar-refractivity contribution in [1.82, 2.24) is 25.3 Å². The number of hydrogen-bond acceptors (Lipinski definition) is 7. The lowest BCUT2D eigenvalue weighted by Crippen LogP contribution is -2.46. The molecular formula is C24H32N6O3. The molecule has 0 spiro atoms. The Morgan fingerprint density at radius 1 is 1.24 bits per heavy atom. The number of H-pyrrole nitrogens is 1. The lowest BCUT2D eigenvalue weighted by molar-refractivity contribution is 0.0468. The summed E-state index contributed by atoms with van der Waals surface area (Å²) in [5.74, 6) is 1.37. The van der Waals surface area contributed by atoms with Crippen LogP contribution in [-0.4, -0.2) is 57.4 Å². The summed E-state index contributed by atoms with van der Waals surface area (Å²) in [5, 5.41) is 3.91. The van der Waals surface area contributed by atoms with Gasteiger partial charge in [0, 0.05) is 36.0 Å². The van der Waals surface area contributed by atoms with E-state index in [4.69, 9.17) is 19.4 Å². The number of morpholine rings is 1. The summed E-state index contributed by atoms with van der Waals surface area (Å²) in [7, 11) is 0. The number of hydrogen-bond donors (Lipinski definition) is 2. The van der Waals surface area contributed by atoms with Gasteiger partial charge in [-0.15, -0.1) is 0 Å². The molecule has 2 N–H and O–H groups in total. The Morgan fingerprint density at radius 3 is 2.76 bits per heavy atom. The van der Waals surface area contributed by atoms with Gasteiger partial charge in [0.05, 0.1) is 30.5 Å². The lowest BCUT2D eigenvalue weighted by Gasteiger charge is -2.35. The van der Waals surface area contributed by atoms with Crippen LogP contribution in [0.1, 0.15) is 47.2 Å². The molecule has 33 heavy (non-hydrogen) atoms. The number of amides is 1. The zero-order chi connectivity index (χ0) is 23.8. The average Bonchev–Trinajstić information content (AvgIpc) is 3.21. The van der Waals surface area contributed by atoms with E-state index in [1.807, 2.05) is 59.0 Å². The highest BCUT2D eigenvalue weighted by Gasteiger charge is 2.31. The number of aromatic amines is 1. The molecule has 1 amide bonds. The zero-order valence-corrected chi connectivity index (χ0v) is 20.1. The van der Waals surface area contributed by atoms with Crippen LogP contribution in [0.2, 0.25) is 0 Å². The summed E-state index contributed by atoms with van der Waals surface area (Å²) in [6.45, 7) is 13.4. The third-order valence-corrected chi connectivity index (χ3v) is 5.53. The lowest BCUT2D eigenvalue weighted by atomic mass is 9.99. The van der Waals surface area contributed by atoms with Gasteiger partial charge in [-0.25, -0.2) is 19.7 Å². The molecule has 4 rings (SSSR count). The first-order valence-corrected chi connectivity index (χ1v) is 11.2. The van der Waals surface area contributed by atoms with Crippen molar-refractivity contribution in [3.8, 4) is 11.4 Å². The van der Waals surface area contributed by atoms with Gasteiger partial charge in [0.1, 0.15) is 17.1 Å². The Balaban J connectivity index is 1.79. The predicted molar refractivity (Wildman–Crippen MR) is 127 cm³/mol. The van der Waals surface area contributed by atoms with Gasteiger partial charge >= 0.3 is 6.09 Å². The molecule has 0 unspecified atom stereocenters. The first-order valence-electron chi connectivity index (χ1n) is 11.2. The van der Waals surface area contributed by atoms with Crippen LogP contribution in [0.15, 0.2) is 30.6 Å². The standard InChI is InChI=1S/C24H32N6O3/c1-15-14-32-12-11-30(15)19-13-18(24(5,6)29-22(31)33-23(2,3)4)27-21(28-19)17-8-10-26-20-16(17)7-9-25-20/h7-10,13,15H,11-12,14H2,1-6H3,(H,25,26)(H,29,31)/t15-/m1/s1. The summed E-state index contributed by atoms with van der Waals surface area (Å²) >= 11 is 0. The van der Waals surface area contributed by atoms with Crippen molar-refractivity contribution in [2.75, 3.05) is 24.7 Å². The van der Waals surface area contributed by atoms with E-state index in [0.29, 0.717) is 24.7 Å². The van der Waals surface area contributed by atoms with E-state index >= 15 is 0 Å². The molecule has 1 atom stereocenters. The second-order valence-corrected chi connectivity index (χ2v) is 9.90. The van der Waals surface area contributed by atoms with E-state index in [1.54, 1.807) is 6.20 Å². The third-order valence-electron chi connectivity index (χ3n) is 5.53. The van der Waals surface area contributed by atoms with Gasteiger partial charge in [0.25, 0.3) is 0 Å². The number of aromatic nitrogens is 4. The molecule has 1 fully saturated rings. The normalized spacial score (nSPS) is 17.3. The van der Waals surface area contributed by atoms with Gasteiger partial charge in [-0.05, 0) is 53.7 Å². The number of carbonyl (C=O) groups is 1. The minimum absolute atomic E-state index is 0.168. The summed E-state index contributed by atoms with van der Waals surface area (Å²) in [6, 6.07) is 5.99. The number of nitrogens with one attached hydrogen (secondary N) is 2. The zero-order valence-electron chi connectivity index (χ0n) is 20.1. The number of fused-ring (bicyclic) bond motifs is 1. The fourth-order valence-corrected chi connectivity index (χ4v) is 3.87. The number of anilines is 1. The van der Waals surface area contributed by atoms with E-state index in [2.05, 4.69) is 27.1 Å². The van der Waals surface area contributed by atoms with E-state index in [0.717, 1.165) is 29.0 Å². The van der Waals surface area contributed by atoms with Gasteiger partial charge in [-0.2, -0.15) is 0 Å². The van der Waals surface area contributed by atoms with Crippen molar-refractivity contribution in [1.29, 1.82) is 0 Å². The van der Waals surface area contributed by atoms with Crippen molar-refractivity contribution >= 4 is 22.9 Å². The molecule has 0 saturated carbocycles. The summed E-state index contributed by atoms with van der Waals surface area (Å²) in [6.07, 6.45) is 3.10. The highest BCUT2D eigenvalue weighted by Crippen LogP contribution is 2.31. The molecule has 0 aliphatic carbocycles. The van der Waals surface area contributed by atoms with Crippen LogP contribution in [0.3, 0.4) is 0 Å². The van der Waals surface area contributed by atoms with Crippen LogP contribution < -0.4 is 10.2 Å². The number of rotatable bonds is 4. The van der Waals surface area contributed by atoms with Crippen molar-refractivity contribution < 1.29 is 14.3 Å². The molecular weight excluding hydrogens is 420 g/mol. The van der Waals surface area contributed by atoms with Crippen LogP contribution in [0.5, 0.6) is 0 Å². The quantitative estimate of drug-likeness (QED) is 0.616. The number of nitrogens with zero attached hydrogens (tertiary/aromatic N) is 4. The fraction of sp³-hybridized carbons (Fsp3) is 0.500. The van der Waals surface area contributed by atoms with Gasteiger partial charge in [0.15, 0.2) is 5.82 Å². The molecule has 0 aromatic carbocycles. The van der Waals surface area contributed by atoms with Gasteiger partial charge in [-0.1, -0.05) is 0 Å². The maximum Gasteiger partial charge on any atom is 0.408 e. The third kappa shape index (κ3) is 5.08. The molecule has 0 radical (unpaired) electrons. The first kappa shape index (κ1) is 23.0. The Kier molecular flexibility index (Phi) is 6.00. The molecule has 9 heteroatoms. The summed E-state index contributed by atoms with van der Waals surface area (Å²) in [5.41, 5.74) is 0.941. The van der Waals surface area contributed by atoms with Gasteiger partial charge in [0.2, 0.25) is 0 Å². The molecule has 3 aromatic heterocycles. The van der Waals surface area contributed by atoms with Crippen molar-refractivity contribution in [2.24, 2.45) is 0 Å². The largest absolute Gasteiger partial charge is 0.444 e. The highest BCUT2D eigenvalue weighted by molar-refractivity contribution is 5.91. The minimum Gasteiger partial charge on any atom is -0.444 e. The predicted octanol–water partition coefficient (Wildman–Crippen LogP) is 4.00. The van der Waals surface area contributed by atoms with Crippen molar-refractivity contribution in [3.05, 3.63) is 36.3 Å². The second kappa shape index (κ2) is 8.62. The summed E-state index contributed by atoms with van der Waals surface area (Å²) < 4.78 is 11.1. The molecule has 3 aromatic rings. The van der Waals surface area contributed by atoms with Crippen LogP contribution in [0, 0.1) is 0 Å². The number of carbonyl (C=O) groups excluding carboxylic acids is 1. The molecule has 1 aliphatic heterocycles. The van der Waals surface area contributed by atoms with E-state index in [1.165, 1.54) is 0 Å². The molecule has 4 heterocycles. The van der Waals surface area contributed by atoms with Gasteiger partial charge < -0.3 is 24.7 Å². The Bertz CT molecular complexity index is 1150.